The smallest absolute Gasteiger partial charge is 0.259 e. The van der Waals surface area contributed by atoms with Crippen LogP contribution in [0.15, 0.2) is 18.2 Å². The van der Waals surface area contributed by atoms with Gasteiger partial charge in [-0.2, -0.15) is 0 Å². The molecule has 31 heavy (non-hydrogen) atoms. The number of benzene rings is 1. The molecule has 2 heterocycles. The van der Waals surface area contributed by atoms with Crippen LogP contribution in [-0.2, 0) is 17.6 Å². The third-order valence-electron chi connectivity index (χ3n) is 6.10. The van der Waals surface area contributed by atoms with Crippen molar-refractivity contribution >= 4 is 45.4 Å². The molecule has 1 atom stereocenters. The number of methoxy groups -OCH3 is 1. The molecule has 4 rings (SSSR count). The number of aryl methyl sites for hydroxylation is 1. The summed E-state index contributed by atoms with van der Waals surface area (Å²) >= 11 is 7.64. The minimum Gasteiger partial charge on any atom is -0.495 e. The number of carbonyl (C=O) groups is 2. The minimum absolute atomic E-state index is 0.0666. The number of likely N-dealkylation sites (tertiary alicyclic amines) is 1. The summed E-state index contributed by atoms with van der Waals surface area (Å²) in [7, 11) is 1.55. The Hall–Kier alpha value is -2.09. The molecule has 0 saturated carbocycles. The first kappa shape index (κ1) is 22.1. The number of nitrogens with zero attached hydrogens (tertiary/aromatic N) is 1. The van der Waals surface area contributed by atoms with E-state index in [9.17, 15) is 9.59 Å². The molecular formula is C23H28ClN3O3S. The van der Waals surface area contributed by atoms with E-state index in [0.29, 0.717) is 39.6 Å². The summed E-state index contributed by atoms with van der Waals surface area (Å²) < 4.78 is 5.35. The van der Waals surface area contributed by atoms with E-state index >= 15 is 0 Å². The number of ether oxygens (including phenoxy) is 1. The number of carbonyl (C=O) groups excluding carboxylic acids is 2. The van der Waals surface area contributed by atoms with Crippen molar-refractivity contribution in [2.24, 2.45) is 0 Å². The molecule has 0 unspecified atom stereocenters. The lowest BCUT2D eigenvalue weighted by Crippen LogP contribution is -2.42. The molecule has 2 amide bonds. The summed E-state index contributed by atoms with van der Waals surface area (Å²) in [4.78, 5) is 29.5. The Morgan fingerprint density at radius 3 is 2.84 bits per heavy atom. The second kappa shape index (κ2) is 9.59. The fourth-order valence-electron chi connectivity index (χ4n) is 4.44. The summed E-state index contributed by atoms with van der Waals surface area (Å²) in [5.41, 5.74) is 2.13. The van der Waals surface area contributed by atoms with Crippen LogP contribution in [0.25, 0.3) is 0 Å². The highest BCUT2D eigenvalue weighted by atomic mass is 35.5. The van der Waals surface area contributed by atoms with Crippen LogP contribution in [0.1, 0.15) is 53.4 Å². The lowest BCUT2D eigenvalue weighted by atomic mass is 10.0. The number of piperidine rings is 1. The number of halogens is 1. The summed E-state index contributed by atoms with van der Waals surface area (Å²) in [5.74, 6) is 0.221. The Morgan fingerprint density at radius 1 is 1.23 bits per heavy atom. The first-order chi connectivity index (χ1) is 15.0. The maximum atomic E-state index is 13.3. The standard InChI is InChI=1S/C23H28ClN3O3S/c1-14-6-3-4-11-27(14)13-20(28)26-23-21(16-7-5-8-19(16)31-23)22(29)25-17-12-15(24)9-10-18(17)30-2/h9-10,12,14H,3-8,11,13H2,1-2H3,(H,25,29)(H,26,28)/t14-/m0/s1. The van der Waals surface area contributed by atoms with E-state index in [1.807, 2.05) is 0 Å². The number of thiophene rings is 1. The van der Waals surface area contributed by atoms with Gasteiger partial charge in [0.05, 0.1) is 24.9 Å². The minimum atomic E-state index is -0.249. The van der Waals surface area contributed by atoms with Gasteiger partial charge in [0.25, 0.3) is 5.91 Å². The highest BCUT2D eigenvalue weighted by Crippen LogP contribution is 2.40. The number of rotatable bonds is 6. The van der Waals surface area contributed by atoms with Gasteiger partial charge in [0.1, 0.15) is 10.8 Å². The van der Waals surface area contributed by atoms with Gasteiger partial charge < -0.3 is 15.4 Å². The first-order valence-corrected chi connectivity index (χ1v) is 12.0. The van der Waals surface area contributed by atoms with Crippen LogP contribution in [0.4, 0.5) is 10.7 Å². The zero-order chi connectivity index (χ0) is 22.0. The topological polar surface area (TPSA) is 70.7 Å². The van der Waals surface area contributed by atoms with Crippen LogP contribution >= 0.6 is 22.9 Å². The summed E-state index contributed by atoms with van der Waals surface area (Å²) in [6.07, 6.45) is 6.28. The molecule has 1 aromatic heterocycles. The summed E-state index contributed by atoms with van der Waals surface area (Å²) in [6, 6.07) is 5.51. The van der Waals surface area contributed by atoms with Crippen molar-refractivity contribution in [3.63, 3.8) is 0 Å². The van der Waals surface area contributed by atoms with Crippen molar-refractivity contribution in [1.82, 2.24) is 4.90 Å². The number of amides is 2. The SMILES string of the molecule is COc1ccc(Cl)cc1NC(=O)c1c(NC(=O)CN2CCCC[C@@H]2C)sc2c1CCC2. The van der Waals surface area contributed by atoms with Crippen LogP contribution in [0, 0.1) is 0 Å². The Morgan fingerprint density at radius 2 is 2.06 bits per heavy atom. The lowest BCUT2D eigenvalue weighted by Gasteiger charge is -2.32. The van der Waals surface area contributed by atoms with Crippen LogP contribution in [-0.4, -0.2) is 43.0 Å². The van der Waals surface area contributed by atoms with E-state index in [1.54, 1.807) is 25.3 Å². The van der Waals surface area contributed by atoms with Gasteiger partial charge in [0, 0.05) is 15.9 Å². The zero-order valence-electron chi connectivity index (χ0n) is 17.9. The third-order valence-corrected chi connectivity index (χ3v) is 7.54. The average molecular weight is 462 g/mol. The molecule has 1 fully saturated rings. The van der Waals surface area contributed by atoms with E-state index in [1.165, 1.54) is 22.6 Å². The van der Waals surface area contributed by atoms with Crippen molar-refractivity contribution in [1.29, 1.82) is 0 Å². The molecule has 8 heteroatoms. The molecule has 0 bridgehead atoms. The first-order valence-electron chi connectivity index (χ1n) is 10.8. The Balaban J connectivity index is 1.54. The lowest BCUT2D eigenvalue weighted by molar-refractivity contribution is -0.118. The van der Waals surface area contributed by atoms with Gasteiger partial charge in [0.15, 0.2) is 0 Å². The molecule has 0 spiro atoms. The predicted molar refractivity (Wildman–Crippen MR) is 126 cm³/mol. The second-order valence-electron chi connectivity index (χ2n) is 8.22. The number of nitrogens with one attached hydrogen (secondary N) is 2. The van der Waals surface area contributed by atoms with Crippen molar-refractivity contribution in [2.75, 3.05) is 30.8 Å². The zero-order valence-corrected chi connectivity index (χ0v) is 19.5. The molecule has 2 aromatic rings. The average Bonchev–Trinajstić information content (AvgIpc) is 3.30. The molecule has 6 nitrogen and oxygen atoms in total. The fourth-order valence-corrected chi connectivity index (χ4v) is 5.91. The second-order valence-corrected chi connectivity index (χ2v) is 9.77. The number of fused-ring (bicyclic) bond motifs is 1. The van der Waals surface area contributed by atoms with E-state index in [0.717, 1.165) is 44.2 Å². The maximum Gasteiger partial charge on any atom is 0.259 e. The summed E-state index contributed by atoms with van der Waals surface area (Å²) in [6.45, 7) is 3.47. The van der Waals surface area contributed by atoms with Gasteiger partial charge in [0.2, 0.25) is 5.91 Å². The largest absolute Gasteiger partial charge is 0.495 e. The van der Waals surface area contributed by atoms with Gasteiger partial charge >= 0.3 is 0 Å². The van der Waals surface area contributed by atoms with Crippen LogP contribution in [0.5, 0.6) is 5.75 Å². The van der Waals surface area contributed by atoms with Gasteiger partial charge in [-0.1, -0.05) is 18.0 Å². The van der Waals surface area contributed by atoms with Crippen LogP contribution in [0.3, 0.4) is 0 Å². The molecule has 2 N–H and O–H groups in total. The molecule has 166 valence electrons. The normalized spacial score (nSPS) is 18.5. The van der Waals surface area contributed by atoms with E-state index < -0.39 is 0 Å². The van der Waals surface area contributed by atoms with Crippen LogP contribution in [0.2, 0.25) is 5.02 Å². The van der Waals surface area contributed by atoms with Crippen molar-refractivity contribution in [3.8, 4) is 5.75 Å². The molecule has 1 aromatic carbocycles. The van der Waals surface area contributed by atoms with Gasteiger partial charge in [-0.3, -0.25) is 14.5 Å². The highest BCUT2D eigenvalue weighted by Gasteiger charge is 2.29. The van der Waals surface area contributed by atoms with Crippen molar-refractivity contribution in [3.05, 3.63) is 39.2 Å². The monoisotopic (exact) mass is 461 g/mol. The van der Waals surface area contributed by atoms with Gasteiger partial charge in [-0.05, 0) is 69.3 Å². The Labute approximate surface area is 191 Å². The van der Waals surface area contributed by atoms with Crippen molar-refractivity contribution in [2.45, 2.75) is 51.5 Å². The van der Waals surface area contributed by atoms with Crippen LogP contribution < -0.4 is 15.4 Å². The summed E-state index contributed by atoms with van der Waals surface area (Å²) in [5, 5.41) is 7.11. The van der Waals surface area contributed by atoms with Gasteiger partial charge in [-0.15, -0.1) is 11.3 Å². The molecular weight excluding hydrogens is 434 g/mol. The van der Waals surface area contributed by atoms with E-state index in [-0.39, 0.29) is 11.8 Å². The number of hydrogen-bond acceptors (Lipinski definition) is 5. The Bertz CT molecular complexity index is 991. The highest BCUT2D eigenvalue weighted by molar-refractivity contribution is 7.17. The Kier molecular flexibility index (Phi) is 6.84. The maximum absolute atomic E-state index is 13.3. The molecule has 2 aliphatic rings. The molecule has 1 saturated heterocycles. The molecule has 1 aliphatic heterocycles. The van der Waals surface area contributed by atoms with E-state index in [4.69, 9.17) is 16.3 Å². The van der Waals surface area contributed by atoms with Crippen molar-refractivity contribution < 1.29 is 14.3 Å². The quantitative estimate of drug-likeness (QED) is 0.637. The number of anilines is 2. The third kappa shape index (κ3) is 4.89. The molecule has 1 aliphatic carbocycles. The van der Waals surface area contributed by atoms with Gasteiger partial charge in [-0.25, -0.2) is 0 Å². The number of hydrogen-bond donors (Lipinski definition) is 2. The predicted octanol–water partition coefficient (Wildman–Crippen LogP) is 4.96. The molecule has 0 radical (unpaired) electrons. The van der Waals surface area contributed by atoms with E-state index in [2.05, 4.69) is 22.5 Å². The fraction of sp³-hybridized carbons (Fsp3) is 0.478.